The fraction of sp³-hybridized carbons (Fsp3) is 0.244. The lowest BCUT2D eigenvalue weighted by atomic mass is 9.75. The predicted molar refractivity (Wildman–Crippen MR) is 194 cm³/mol. The number of rotatable bonds is 6. The maximum atomic E-state index is 4.12. The molecule has 0 fully saturated rings. The van der Waals surface area contributed by atoms with Crippen molar-refractivity contribution < 1.29 is 0 Å². The molecule has 0 saturated heterocycles. The Morgan fingerprint density at radius 1 is 0.733 bits per heavy atom. The first-order valence-electron chi connectivity index (χ1n) is 16.5. The molecule has 0 heteroatoms. The summed E-state index contributed by atoms with van der Waals surface area (Å²) in [5, 5.41) is 2.72. The molecule has 0 aromatic heterocycles. The molecule has 0 amide bonds. The van der Waals surface area contributed by atoms with E-state index in [1.54, 1.807) is 0 Å². The van der Waals surface area contributed by atoms with Gasteiger partial charge in [0.05, 0.1) is 0 Å². The van der Waals surface area contributed by atoms with E-state index in [4.69, 9.17) is 0 Å². The monoisotopic (exact) mass is 584 g/mol. The van der Waals surface area contributed by atoms with Gasteiger partial charge in [0.15, 0.2) is 0 Å². The molecule has 0 N–H and O–H groups in total. The standard InChI is InChI=1S/C45H44/c1-8-32-20-18-29(2)24-40(32)36-22-19-31(25-30(36)3)26-33-27-42-43(38-17-13-12-16-37(33)38)39-23-21-35(28-41(39)45(42,6)7)44(4,5)34-14-10-9-11-15-34/h8-17,19,21-25,27-28H,1,18,20,26H2,2-7H3. The normalized spacial score (nSPS) is 15.6. The minimum absolute atomic E-state index is 0.0764. The van der Waals surface area contributed by atoms with Crippen LogP contribution in [0, 0.1) is 6.92 Å². The molecule has 45 heavy (non-hydrogen) atoms. The van der Waals surface area contributed by atoms with Gasteiger partial charge in [-0.1, -0.05) is 149 Å². The second kappa shape index (κ2) is 10.9. The minimum Gasteiger partial charge on any atom is -0.0988 e. The van der Waals surface area contributed by atoms with E-state index in [1.165, 1.54) is 83.1 Å². The number of aryl methyl sites for hydroxylation is 1. The molecule has 2 aliphatic carbocycles. The topological polar surface area (TPSA) is 0 Å². The predicted octanol–water partition coefficient (Wildman–Crippen LogP) is 12.1. The molecule has 0 heterocycles. The third kappa shape index (κ3) is 4.83. The lowest BCUT2D eigenvalue weighted by Crippen LogP contribution is -2.21. The Balaban J connectivity index is 1.31. The molecule has 5 aromatic carbocycles. The number of hydrogen-bond donors (Lipinski definition) is 0. The molecule has 0 aliphatic heterocycles. The van der Waals surface area contributed by atoms with Crippen LogP contribution in [0.3, 0.4) is 0 Å². The number of allylic oxidation sites excluding steroid dienone is 5. The second-order valence-electron chi connectivity index (χ2n) is 14.3. The van der Waals surface area contributed by atoms with Gasteiger partial charge in [0.25, 0.3) is 0 Å². The first-order valence-corrected chi connectivity index (χ1v) is 16.5. The molecule has 0 nitrogen and oxygen atoms in total. The summed E-state index contributed by atoms with van der Waals surface area (Å²) in [6.45, 7) is 18.1. The van der Waals surface area contributed by atoms with E-state index in [0.29, 0.717) is 0 Å². The Hall–Kier alpha value is -4.42. The van der Waals surface area contributed by atoms with Gasteiger partial charge in [0.2, 0.25) is 0 Å². The molecular formula is C45H44. The highest BCUT2D eigenvalue weighted by Crippen LogP contribution is 2.53. The van der Waals surface area contributed by atoms with Crippen LogP contribution in [-0.2, 0) is 17.3 Å². The zero-order valence-electron chi connectivity index (χ0n) is 27.7. The van der Waals surface area contributed by atoms with Crippen molar-refractivity contribution in [2.45, 2.75) is 71.6 Å². The van der Waals surface area contributed by atoms with E-state index in [2.05, 4.69) is 151 Å². The van der Waals surface area contributed by atoms with Gasteiger partial charge in [0.1, 0.15) is 0 Å². The van der Waals surface area contributed by atoms with Gasteiger partial charge in [0, 0.05) is 10.8 Å². The molecule has 0 unspecified atom stereocenters. The van der Waals surface area contributed by atoms with E-state index in [9.17, 15) is 0 Å². The molecule has 0 radical (unpaired) electrons. The van der Waals surface area contributed by atoms with Crippen LogP contribution in [0.15, 0.2) is 127 Å². The molecule has 7 rings (SSSR count). The molecule has 2 aliphatic rings. The fourth-order valence-electron chi connectivity index (χ4n) is 7.91. The first kappa shape index (κ1) is 29.3. The summed E-state index contributed by atoms with van der Waals surface area (Å²) < 4.78 is 0. The number of fused-ring (bicyclic) bond motifs is 5. The van der Waals surface area contributed by atoms with Gasteiger partial charge < -0.3 is 0 Å². The maximum Gasteiger partial charge on any atom is 0.0159 e. The number of hydrogen-bond acceptors (Lipinski definition) is 0. The van der Waals surface area contributed by atoms with Crippen LogP contribution >= 0.6 is 0 Å². The third-order valence-corrected chi connectivity index (χ3v) is 10.7. The Labute approximate surface area is 269 Å². The summed E-state index contributed by atoms with van der Waals surface area (Å²) in [6.07, 6.45) is 7.53. The van der Waals surface area contributed by atoms with Gasteiger partial charge in [-0.3, -0.25) is 0 Å². The van der Waals surface area contributed by atoms with Crippen molar-refractivity contribution in [2.75, 3.05) is 0 Å². The van der Waals surface area contributed by atoms with Gasteiger partial charge >= 0.3 is 0 Å². The molecular weight excluding hydrogens is 540 g/mol. The summed E-state index contributed by atoms with van der Waals surface area (Å²) in [5.74, 6) is 0. The van der Waals surface area contributed by atoms with Gasteiger partial charge in [-0.15, -0.1) is 0 Å². The Bertz CT molecular complexity index is 2040. The Morgan fingerprint density at radius 2 is 1.44 bits per heavy atom. The van der Waals surface area contributed by atoms with Crippen molar-refractivity contribution >= 4 is 16.3 Å². The Morgan fingerprint density at radius 3 is 2.18 bits per heavy atom. The van der Waals surface area contributed by atoms with E-state index in [0.717, 1.165) is 19.3 Å². The highest BCUT2D eigenvalue weighted by atomic mass is 14.4. The molecule has 0 atom stereocenters. The van der Waals surface area contributed by atoms with Crippen molar-refractivity contribution in [1.29, 1.82) is 0 Å². The van der Waals surface area contributed by atoms with Crippen molar-refractivity contribution in [2.24, 2.45) is 0 Å². The molecule has 5 aromatic rings. The van der Waals surface area contributed by atoms with Crippen molar-refractivity contribution in [3.8, 4) is 11.1 Å². The van der Waals surface area contributed by atoms with E-state index in [-0.39, 0.29) is 10.8 Å². The zero-order chi connectivity index (χ0) is 31.5. The average molecular weight is 585 g/mol. The highest BCUT2D eigenvalue weighted by Gasteiger charge is 2.38. The number of benzene rings is 5. The summed E-state index contributed by atoms with van der Waals surface area (Å²) in [7, 11) is 0. The Kier molecular flexibility index (Phi) is 7.08. The minimum atomic E-state index is -0.0925. The summed E-state index contributed by atoms with van der Waals surface area (Å²) in [6, 6.07) is 36.8. The highest BCUT2D eigenvalue weighted by molar-refractivity contribution is 6.04. The smallest absolute Gasteiger partial charge is 0.0159 e. The summed E-state index contributed by atoms with van der Waals surface area (Å²) >= 11 is 0. The van der Waals surface area contributed by atoms with Crippen LogP contribution in [0.4, 0.5) is 0 Å². The lowest BCUT2D eigenvalue weighted by Gasteiger charge is -2.29. The summed E-state index contributed by atoms with van der Waals surface area (Å²) in [4.78, 5) is 0. The van der Waals surface area contributed by atoms with Gasteiger partial charge in [-0.2, -0.15) is 0 Å². The van der Waals surface area contributed by atoms with Crippen LogP contribution < -0.4 is 0 Å². The van der Waals surface area contributed by atoms with E-state index in [1.807, 2.05) is 6.08 Å². The third-order valence-electron chi connectivity index (χ3n) is 10.7. The van der Waals surface area contributed by atoms with Crippen LogP contribution in [-0.4, -0.2) is 0 Å². The van der Waals surface area contributed by atoms with Crippen molar-refractivity contribution in [1.82, 2.24) is 0 Å². The maximum absolute atomic E-state index is 4.12. The quantitative estimate of drug-likeness (QED) is 0.186. The molecule has 0 spiro atoms. The second-order valence-corrected chi connectivity index (χ2v) is 14.3. The molecule has 0 bridgehead atoms. The van der Waals surface area contributed by atoms with Crippen LogP contribution in [0.5, 0.6) is 0 Å². The van der Waals surface area contributed by atoms with Crippen LogP contribution in [0.2, 0.25) is 0 Å². The zero-order valence-corrected chi connectivity index (χ0v) is 27.7. The first-order chi connectivity index (χ1) is 21.6. The van der Waals surface area contributed by atoms with Crippen LogP contribution in [0.25, 0.3) is 27.5 Å². The van der Waals surface area contributed by atoms with E-state index < -0.39 is 0 Å². The van der Waals surface area contributed by atoms with Crippen LogP contribution in [0.1, 0.15) is 92.0 Å². The lowest BCUT2D eigenvalue weighted by molar-refractivity contribution is 0.626. The largest absolute Gasteiger partial charge is 0.0988 e. The average Bonchev–Trinajstić information content (AvgIpc) is 3.27. The van der Waals surface area contributed by atoms with Gasteiger partial charge in [-0.25, -0.2) is 0 Å². The fourth-order valence-corrected chi connectivity index (χ4v) is 7.91. The molecule has 224 valence electrons. The van der Waals surface area contributed by atoms with E-state index >= 15 is 0 Å². The van der Waals surface area contributed by atoms with Gasteiger partial charge in [-0.05, 0) is 111 Å². The molecule has 0 saturated carbocycles. The summed E-state index contributed by atoms with van der Waals surface area (Å²) in [5.41, 5.74) is 17.8. The van der Waals surface area contributed by atoms with Crippen molar-refractivity contribution in [3.05, 3.63) is 171 Å². The SMILES string of the molecule is C=CC1=C(c2ccc(Cc3cc4c(c5ccccc35)-c3ccc(C(C)(C)c5ccccc5)cc3C4(C)C)cc2C)C=C(C)CC1. The van der Waals surface area contributed by atoms with Crippen molar-refractivity contribution in [3.63, 3.8) is 0 Å².